The highest BCUT2D eigenvalue weighted by Crippen LogP contribution is 2.38. The fourth-order valence-corrected chi connectivity index (χ4v) is 4.10. The fraction of sp³-hybridized carbons (Fsp3) is 0.333. The van der Waals surface area contributed by atoms with Gasteiger partial charge < -0.3 is 20.1 Å². The molecule has 1 unspecified atom stereocenters. The van der Waals surface area contributed by atoms with E-state index in [-0.39, 0.29) is 11.7 Å². The number of allylic oxidation sites excluding steroid dienone is 1. The fourth-order valence-electron chi connectivity index (χ4n) is 3.74. The summed E-state index contributed by atoms with van der Waals surface area (Å²) in [5.74, 6) is 0.319. The normalized spacial score (nSPS) is 16.3. The molecule has 0 aromatic heterocycles. The predicted molar refractivity (Wildman–Crippen MR) is 128 cm³/mol. The number of hydrogen-bond acceptors (Lipinski definition) is 4. The number of phenols is 1. The molecule has 0 radical (unpaired) electrons. The molecule has 3 rings (SSSR count). The first kappa shape index (κ1) is 22.6. The lowest BCUT2D eigenvalue weighted by Crippen LogP contribution is -2.49. The molecule has 164 valence electrons. The minimum absolute atomic E-state index is 0.0576. The highest BCUT2D eigenvalue weighted by Gasteiger charge is 2.36. The minimum Gasteiger partial charge on any atom is -0.504 e. The third-order valence-electron chi connectivity index (χ3n) is 5.34. The molecule has 0 aliphatic carbocycles. The summed E-state index contributed by atoms with van der Waals surface area (Å²) in [6.45, 7) is 8.25. The molecule has 0 saturated carbocycles. The second-order valence-electron chi connectivity index (χ2n) is 7.87. The molecule has 1 aliphatic rings. The molecular weight excluding hydrogens is 410 g/mol. The number of likely N-dealkylation sites (N-methyl/N-ethyl adjacent to an activating group) is 1. The van der Waals surface area contributed by atoms with Crippen LogP contribution in [-0.4, -0.2) is 41.7 Å². The Kier molecular flexibility index (Phi) is 6.55. The highest BCUT2D eigenvalue weighted by molar-refractivity contribution is 7.80. The number of aryl methyl sites for hydroxylation is 2. The van der Waals surface area contributed by atoms with Gasteiger partial charge in [-0.05, 0) is 74.8 Å². The molecule has 1 amide bonds. The number of nitrogens with zero attached hydrogens (tertiary/aromatic N) is 2. The van der Waals surface area contributed by atoms with Crippen LogP contribution in [-0.2, 0) is 4.79 Å². The van der Waals surface area contributed by atoms with Crippen LogP contribution < -0.4 is 15.0 Å². The SMILES string of the molecule is CCOc1cc(C2NC(=S)N(c3cc(C)ccc3C)C(C)=C2C(=O)N(C)C)ccc1O. The van der Waals surface area contributed by atoms with Gasteiger partial charge in [-0.3, -0.25) is 9.69 Å². The summed E-state index contributed by atoms with van der Waals surface area (Å²) in [5, 5.41) is 14.0. The van der Waals surface area contributed by atoms with Crippen molar-refractivity contribution in [2.45, 2.75) is 33.7 Å². The van der Waals surface area contributed by atoms with E-state index in [0.29, 0.717) is 23.0 Å². The maximum Gasteiger partial charge on any atom is 0.253 e. The van der Waals surface area contributed by atoms with Gasteiger partial charge >= 0.3 is 0 Å². The number of amides is 1. The van der Waals surface area contributed by atoms with Crippen molar-refractivity contribution in [3.8, 4) is 11.5 Å². The Balaban J connectivity index is 2.19. The van der Waals surface area contributed by atoms with Gasteiger partial charge in [0, 0.05) is 19.8 Å². The summed E-state index contributed by atoms with van der Waals surface area (Å²) in [5.41, 5.74) is 5.26. The number of nitrogens with one attached hydrogen (secondary N) is 1. The summed E-state index contributed by atoms with van der Waals surface area (Å²) in [4.78, 5) is 16.8. The standard InChI is InChI=1S/C24H29N3O3S/c1-7-30-20-13-17(10-11-19(20)28)22-21(23(29)26(5)6)16(4)27(24(31)25-22)18-12-14(2)8-9-15(18)3/h8-13,22,28H,7H2,1-6H3,(H,25,31). The van der Waals surface area contributed by atoms with Crippen LogP contribution in [0.5, 0.6) is 11.5 Å². The van der Waals surface area contributed by atoms with Gasteiger partial charge in [0.15, 0.2) is 16.6 Å². The Hall–Kier alpha value is -3.06. The van der Waals surface area contributed by atoms with Crippen molar-refractivity contribution in [1.82, 2.24) is 10.2 Å². The van der Waals surface area contributed by atoms with Gasteiger partial charge in [0.25, 0.3) is 5.91 Å². The first-order valence-electron chi connectivity index (χ1n) is 10.2. The molecule has 31 heavy (non-hydrogen) atoms. The molecule has 0 fully saturated rings. The Morgan fingerprint density at radius 1 is 1.19 bits per heavy atom. The van der Waals surface area contributed by atoms with Gasteiger partial charge in [-0.2, -0.15) is 0 Å². The molecule has 1 heterocycles. The quantitative estimate of drug-likeness (QED) is 0.681. The van der Waals surface area contributed by atoms with E-state index in [1.807, 2.05) is 32.6 Å². The Bertz CT molecular complexity index is 1060. The number of thiocarbonyl (C=S) groups is 1. The topological polar surface area (TPSA) is 65.0 Å². The van der Waals surface area contributed by atoms with E-state index in [2.05, 4.69) is 23.5 Å². The molecule has 1 atom stereocenters. The van der Waals surface area contributed by atoms with Crippen LogP contribution in [0.1, 0.15) is 36.6 Å². The lowest BCUT2D eigenvalue weighted by molar-refractivity contribution is -0.125. The molecule has 2 aromatic rings. The first-order valence-corrected chi connectivity index (χ1v) is 10.6. The second-order valence-corrected chi connectivity index (χ2v) is 8.25. The third kappa shape index (κ3) is 4.37. The van der Waals surface area contributed by atoms with Crippen LogP contribution in [0.2, 0.25) is 0 Å². The van der Waals surface area contributed by atoms with Crippen LogP contribution in [0.25, 0.3) is 0 Å². The number of phenolic OH excluding ortho intramolecular Hbond substituents is 1. The largest absolute Gasteiger partial charge is 0.504 e. The number of hydrogen-bond donors (Lipinski definition) is 2. The van der Waals surface area contributed by atoms with Crippen LogP contribution in [0, 0.1) is 13.8 Å². The van der Waals surface area contributed by atoms with Crippen LogP contribution in [0.4, 0.5) is 5.69 Å². The van der Waals surface area contributed by atoms with Gasteiger partial charge in [0.1, 0.15) is 0 Å². The van der Waals surface area contributed by atoms with Crippen LogP contribution in [0.15, 0.2) is 47.7 Å². The van der Waals surface area contributed by atoms with E-state index in [4.69, 9.17) is 17.0 Å². The van der Waals surface area contributed by atoms with Crippen LogP contribution >= 0.6 is 12.2 Å². The molecule has 0 saturated heterocycles. The van der Waals surface area contributed by atoms with E-state index >= 15 is 0 Å². The lowest BCUT2D eigenvalue weighted by Gasteiger charge is -2.39. The zero-order valence-electron chi connectivity index (χ0n) is 18.8. The number of anilines is 1. The van der Waals surface area contributed by atoms with E-state index < -0.39 is 6.04 Å². The zero-order chi connectivity index (χ0) is 22.9. The number of ether oxygens (including phenoxy) is 1. The van der Waals surface area contributed by atoms with E-state index in [9.17, 15) is 9.90 Å². The van der Waals surface area contributed by atoms with Crippen molar-refractivity contribution in [1.29, 1.82) is 0 Å². The number of rotatable bonds is 5. The average Bonchev–Trinajstić information content (AvgIpc) is 2.71. The van der Waals surface area contributed by atoms with Crippen molar-refractivity contribution in [2.24, 2.45) is 0 Å². The number of carbonyl (C=O) groups excluding carboxylic acids is 1. The Morgan fingerprint density at radius 2 is 1.90 bits per heavy atom. The third-order valence-corrected chi connectivity index (χ3v) is 5.64. The summed E-state index contributed by atoms with van der Waals surface area (Å²) in [7, 11) is 3.47. The lowest BCUT2D eigenvalue weighted by atomic mass is 9.93. The maximum atomic E-state index is 13.3. The molecule has 0 bridgehead atoms. The van der Waals surface area contributed by atoms with Gasteiger partial charge in [0.2, 0.25) is 0 Å². The van der Waals surface area contributed by atoms with E-state index in [1.165, 1.54) is 0 Å². The maximum absolute atomic E-state index is 13.3. The van der Waals surface area contributed by atoms with E-state index in [1.54, 1.807) is 37.2 Å². The zero-order valence-corrected chi connectivity index (χ0v) is 19.6. The average molecular weight is 440 g/mol. The summed E-state index contributed by atoms with van der Waals surface area (Å²) < 4.78 is 5.55. The Morgan fingerprint density at radius 3 is 2.55 bits per heavy atom. The molecule has 2 N–H and O–H groups in total. The van der Waals surface area contributed by atoms with Gasteiger partial charge in [-0.15, -0.1) is 0 Å². The minimum atomic E-state index is -0.469. The summed E-state index contributed by atoms with van der Waals surface area (Å²) >= 11 is 5.76. The van der Waals surface area contributed by atoms with Crippen molar-refractivity contribution in [3.63, 3.8) is 0 Å². The molecular formula is C24H29N3O3S. The summed E-state index contributed by atoms with van der Waals surface area (Å²) in [6, 6.07) is 10.8. The summed E-state index contributed by atoms with van der Waals surface area (Å²) in [6.07, 6.45) is 0. The molecule has 2 aromatic carbocycles. The molecule has 0 spiro atoms. The van der Waals surface area contributed by atoms with Crippen LogP contribution in [0.3, 0.4) is 0 Å². The number of aromatic hydroxyl groups is 1. The van der Waals surface area contributed by atoms with Crippen molar-refractivity contribution in [2.75, 3.05) is 25.6 Å². The monoisotopic (exact) mass is 439 g/mol. The second kappa shape index (κ2) is 8.98. The predicted octanol–water partition coefficient (Wildman–Crippen LogP) is 4.21. The van der Waals surface area contributed by atoms with Crippen molar-refractivity contribution >= 4 is 28.9 Å². The molecule has 7 heteroatoms. The Labute approximate surface area is 189 Å². The smallest absolute Gasteiger partial charge is 0.253 e. The van der Waals surface area contributed by atoms with Gasteiger partial charge in [0.05, 0.1) is 23.9 Å². The molecule has 1 aliphatic heterocycles. The highest BCUT2D eigenvalue weighted by atomic mass is 32.1. The number of benzene rings is 2. The molecule has 6 nitrogen and oxygen atoms in total. The van der Waals surface area contributed by atoms with Crippen molar-refractivity contribution < 1.29 is 14.6 Å². The van der Waals surface area contributed by atoms with E-state index in [0.717, 1.165) is 28.1 Å². The number of carbonyl (C=O) groups is 1. The first-order chi connectivity index (χ1) is 14.6. The van der Waals surface area contributed by atoms with Gasteiger partial charge in [-0.25, -0.2) is 0 Å². The van der Waals surface area contributed by atoms with Crippen molar-refractivity contribution in [3.05, 3.63) is 64.4 Å². The van der Waals surface area contributed by atoms with Gasteiger partial charge in [-0.1, -0.05) is 18.2 Å².